The number of hydrogen-bond acceptors (Lipinski definition) is 2. The monoisotopic (exact) mass is 300 g/mol. The average molecular weight is 300 g/mol. The minimum atomic E-state index is -0.327. The van der Waals surface area contributed by atoms with E-state index in [2.05, 4.69) is 34.9 Å². The third kappa shape index (κ3) is 3.67. The van der Waals surface area contributed by atoms with E-state index in [0.29, 0.717) is 18.8 Å². The summed E-state index contributed by atoms with van der Waals surface area (Å²) >= 11 is 0. The second kappa shape index (κ2) is 6.95. The van der Waals surface area contributed by atoms with Gasteiger partial charge in [-0.3, -0.25) is 9.59 Å². The Kier molecular flexibility index (Phi) is 4.76. The molecule has 0 unspecified atom stereocenters. The quantitative estimate of drug-likeness (QED) is 0.895. The highest BCUT2D eigenvalue weighted by molar-refractivity contribution is 5.90. The highest BCUT2D eigenvalue weighted by atomic mass is 16.2. The molecule has 0 spiro atoms. The molecule has 0 bridgehead atoms. The van der Waals surface area contributed by atoms with Gasteiger partial charge in [0, 0.05) is 12.5 Å². The zero-order chi connectivity index (χ0) is 15.4. The van der Waals surface area contributed by atoms with Crippen LogP contribution < -0.4 is 10.6 Å². The van der Waals surface area contributed by atoms with Crippen LogP contribution in [-0.4, -0.2) is 23.9 Å². The van der Waals surface area contributed by atoms with Gasteiger partial charge in [0.15, 0.2) is 0 Å². The van der Waals surface area contributed by atoms with Crippen molar-refractivity contribution in [1.82, 2.24) is 10.6 Å². The van der Waals surface area contributed by atoms with Gasteiger partial charge < -0.3 is 10.6 Å². The molecule has 2 aliphatic rings. The topological polar surface area (TPSA) is 58.2 Å². The molecule has 22 heavy (non-hydrogen) atoms. The summed E-state index contributed by atoms with van der Waals surface area (Å²) in [5, 5.41) is 5.95. The van der Waals surface area contributed by atoms with E-state index in [0.717, 1.165) is 19.3 Å². The summed E-state index contributed by atoms with van der Waals surface area (Å²) in [6.45, 7) is 0. The predicted molar refractivity (Wildman–Crippen MR) is 85.2 cm³/mol. The van der Waals surface area contributed by atoms with Crippen molar-refractivity contribution in [3.63, 3.8) is 0 Å². The molecule has 2 fully saturated rings. The molecule has 0 aromatic heterocycles. The third-order valence-electron chi connectivity index (χ3n) is 4.89. The molecule has 3 atom stereocenters. The van der Waals surface area contributed by atoms with E-state index in [1.807, 2.05) is 6.07 Å². The number of carbonyl (C=O) groups excluding carboxylic acids is 2. The summed E-state index contributed by atoms with van der Waals surface area (Å²) in [5.41, 5.74) is 1.34. The fourth-order valence-electron chi connectivity index (χ4n) is 3.65. The molecule has 2 N–H and O–H groups in total. The number of carbonyl (C=O) groups is 2. The Morgan fingerprint density at radius 2 is 1.91 bits per heavy atom. The van der Waals surface area contributed by atoms with Crippen LogP contribution >= 0.6 is 0 Å². The van der Waals surface area contributed by atoms with Crippen LogP contribution in [0, 0.1) is 5.92 Å². The Morgan fingerprint density at radius 1 is 1.14 bits per heavy atom. The summed E-state index contributed by atoms with van der Waals surface area (Å²) in [5.74, 6) is 0.484. The standard InChI is InChI=1S/C18H24N2O2/c21-17-11-10-16(19-17)18(22)20-15-9-5-4-8-14(15)12-13-6-2-1-3-7-13/h1-3,6-7,14-16H,4-5,8-12H2,(H,19,21)(H,20,22)/t14-,15+,16-/m1/s1. The fourth-order valence-corrected chi connectivity index (χ4v) is 3.65. The van der Waals surface area contributed by atoms with E-state index in [1.54, 1.807) is 0 Å². The molecule has 1 aliphatic heterocycles. The lowest BCUT2D eigenvalue weighted by atomic mass is 9.80. The number of rotatable bonds is 4. The molecule has 4 nitrogen and oxygen atoms in total. The van der Waals surface area contributed by atoms with Crippen LogP contribution in [0.4, 0.5) is 0 Å². The molecule has 4 heteroatoms. The Morgan fingerprint density at radius 3 is 2.64 bits per heavy atom. The minimum Gasteiger partial charge on any atom is -0.351 e. The number of benzene rings is 1. The zero-order valence-electron chi connectivity index (χ0n) is 12.9. The maximum atomic E-state index is 12.3. The van der Waals surface area contributed by atoms with Gasteiger partial charge in [-0.2, -0.15) is 0 Å². The SMILES string of the molecule is O=C1CC[C@H](C(=O)N[C@H]2CCCC[C@@H]2Cc2ccccc2)N1. The van der Waals surface area contributed by atoms with Crippen molar-refractivity contribution in [3.05, 3.63) is 35.9 Å². The van der Waals surface area contributed by atoms with Gasteiger partial charge in [0.05, 0.1) is 0 Å². The molecule has 118 valence electrons. The van der Waals surface area contributed by atoms with Gasteiger partial charge >= 0.3 is 0 Å². The van der Waals surface area contributed by atoms with Crippen LogP contribution in [0.3, 0.4) is 0 Å². The van der Waals surface area contributed by atoms with Crippen LogP contribution in [0.15, 0.2) is 30.3 Å². The maximum absolute atomic E-state index is 12.3. The van der Waals surface area contributed by atoms with E-state index in [9.17, 15) is 9.59 Å². The molecule has 2 amide bonds. The molecule has 0 radical (unpaired) electrons. The number of amides is 2. The predicted octanol–water partition coefficient (Wildman–Crippen LogP) is 2.18. The zero-order valence-corrected chi connectivity index (χ0v) is 12.9. The van der Waals surface area contributed by atoms with Crippen molar-refractivity contribution in [2.75, 3.05) is 0 Å². The molecule has 1 aromatic carbocycles. The number of hydrogen-bond donors (Lipinski definition) is 2. The first kappa shape index (κ1) is 15.1. The van der Waals surface area contributed by atoms with E-state index in [-0.39, 0.29) is 23.9 Å². The van der Waals surface area contributed by atoms with Gasteiger partial charge in [-0.1, -0.05) is 43.2 Å². The molecule has 1 saturated heterocycles. The summed E-state index contributed by atoms with van der Waals surface area (Å²) in [4.78, 5) is 23.6. The molecule has 1 saturated carbocycles. The van der Waals surface area contributed by atoms with E-state index < -0.39 is 0 Å². The maximum Gasteiger partial charge on any atom is 0.242 e. The first-order valence-corrected chi connectivity index (χ1v) is 8.36. The summed E-state index contributed by atoms with van der Waals surface area (Å²) in [7, 11) is 0. The van der Waals surface area contributed by atoms with Gasteiger partial charge in [-0.25, -0.2) is 0 Å². The highest BCUT2D eigenvalue weighted by Crippen LogP contribution is 2.28. The molecule has 1 aromatic rings. The lowest BCUT2D eigenvalue weighted by Crippen LogP contribution is -2.49. The second-order valence-electron chi connectivity index (χ2n) is 6.51. The average Bonchev–Trinajstić information content (AvgIpc) is 2.97. The van der Waals surface area contributed by atoms with Crippen LogP contribution in [0.25, 0.3) is 0 Å². The molecular formula is C18H24N2O2. The van der Waals surface area contributed by atoms with Crippen molar-refractivity contribution in [1.29, 1.82) is 0 Å². The highest BCUT2D eigenvalue weighted by Gasteiger charge is 2.32. The Bertz CT molecular complexity index is 529. The summed E-state index contributed by atoms with van der Waals surface area (Å²) < 4.78 is 0. The molecular weight excluding hydrogens is 276 g/mol. The van der Waals surface area contributed by atoms with Crippen molar-refractivity contribution in [2.45, 2.75) is 57.0 Å². The number of nitrogens with one attached hydrogen (secondary N) is 2. The van der Waals surface area contributed by atoms with Gasteiger partial charge in [0.1, 0.15) is 6.04 Å². The van der Waals surface area contributed by atoms with E-state index >= 15 is 0 Å². The Balaban J connectivity index is 1.60. The lowest BCUT2D eigenvalue weighted by Gasteiger charge is -2.33. The van der Waals surface area contributed by atoms with E-state index in [4.69, 9.17) is 0 Å². The summed E-state index contributed by atoms with van der Waals surface area (Å²) in [6.07, 6.45) is 6.73. The second-order valence-corrected chi connectivity index (χ2v) is 6.51. The van der Waals surface area contributed by atoms with Crippen molar-refractivity contribution < 1.29 is 9.59 Å². The van der Waals surface area contributed by atoms with Crippen LogP contribution in [0.1, 0.15) is 44.1 Å². The lowest BCUT2D eigenvalue weighted by molar-refractivity contribution is -0.126. The van der Waals surface area contributed by atoms with Crippen molar-refractivity contribution in [2.24, 2.45) is 5.92 Å². The van der Waals surface area contributed by atoms with E-state index in [1.165, 1.54) is 18.4 Å². The van der Waals surface area contributed by atoms with Gasteiger partial charge in [-0.15, -0.1) is 0 Å². The Labute approximate surface area is 131 Å². The van der Waals surface area contributed by atoms with Gasteiger partial charge in [0.2, 0.25) is 11.8 Å². The largest absolute Gasteiger partial charge is 0.351 e. The first-order chi connectivity index (χ1) is 10.7. The van der Waals surface area contributed by atoms with Crippen LogP contribution in [0.2, 0.25) is 0 Å². The van der Waals surface area contributed by atoms with Crippen LogP contribution in [0.5, 0.6) is 0 Å². The molecule has 1 aliphatic carbocycles. The van der Waals surface area contributed by atoms with Crippen molar-refractivity contribution in [3.8, 4) is 0 Å². The first-order valence-electron chi connectivity index (χ1n) is 8.36. The smallest absolute Gasteiger partial charge is 0.242 e. The van der Waals surface area contributed by atoms with Crippen molar-refractivity contribution >= 4 is 11.8 Å². The van der Waals surface area contributed by atoms with Gasteiger partial charge in [0.25, 0.3) is 0 Å². The fraction of sp³-hybridized carbons (Fsp3) is 0.556. The molecule has 1 heterocycles. The van der Waals surface area contributed by atoms with Crippen LogP contribution in [-0.2, 0) is 16.0 Å². The minimum absolute atomic E-state index is 0.00388. The normalized spacial score (nSPS) is 28.2. The third-order valence-corrected chi connectivity index (χ3v) is 4.89. The Hall–Kier alpha value is -1.84. The summed E-state index contributed by atoms with van der Waals surface area (Å²) in [6, 6.07) is 10.4. The molecule has 3 rings (SSSR count). The van der Waals surface area contributed by atoms with Gasteiger partial charge in [-0.05, 0) is 37.2 Å².